The van der Waals surface area contributed by atoms with Crippen molar-refractivity contribution in [2.45, 2.75) is 39.2 Å². The van der Waals surface area contributed by atoms with E-state index in [1.807, 2.05) is 18.2 Å². The van der Waals surface area contributed by atoms with Gasteiger partial charge in [-0.1, -0.05) is 45.0 Å². The molecule has 96 valence electrons. The predicted octanol–water partition coefficient (Wildman–Crippen LogP) is 2.92. The number of hydrogen-bond acceptors (Lipinski definition) is 4. The topological polar surface area (TPSA) is 46.0 Å². The second kappa shape index (κ2) is 5.16. The summed E-state index contributed by atoms with van der Waals surface area (Å²) in [6.07, 6.45) is 0.779. The number of benzene rings is 1. The minimum atomic E-state index is 0.0584. The Morgan fingerprint density at radius 3 is 2.50 bits per heavy atom. The summed E-state index contributed by atoms with van der Waals surface area (Å²) in [4.78, 5) is 0. The Morgan fingerprint density at radius 2 is 1.89 bits per heavy atom. The first-order chi connectivity index (χ1) is 8.49. The van der Waals surface area contributed by atoms with Crippen LogP contribution in [-0.4, -0.2) is 15.3 Å². The van der Waals surface area contributed by atoms with E-state index in [1.165, 1.54) is 0 Å². The van der Waals surface area contributed by atoms with E-state index in [1.54, 1.807) is 11.3 Å². The molecule has 0 aliphatic heterocycles. The van der Waals surface area contributed by atoms with E-state index in [0.29, 0.717) is 0 Å². The van der Waals surface area contributed by atoms with Gasteiger partial charge >= 0.3 is 0 Å². The van der Waals surface area contributed by atoms with Crippen molar-refractivity contribution in [3.63, 3.8) is 0 Å². The van der Waals surface area contributed by atoms with Gasteiger partial charge in [0.1, 0.15) is 10.0 Å². The van der Waals surface area contributed by atoms with Gasteiger partial charge in [-0.2, -0.15) is 0 Å². The maximum absolute atomic E-state index is 9.11. The molecule has 18 heavy (non-hydrogen) atoms. The summed E-state index contributed by atoms with van der Waals surface area (Å²) in [7, 11) is 0. The maximum Gasteiger partial charge on any atom is 0.122 e. The van der Waals surface area contributed by atoms with Crippen LogP contribution in [0.5, 0.6) is 0 Å². The molecular formula is C14H18N2OS. The molecule has 1 N–H and O–H groups in total. The first kappa shape index (κ1) is 13.2. The minimum Gasteiger partial charge on any atom is -0.392 e. The van der Waals surface area contributed by atoms with Gasteiger partial charge < -0.3 is 5.11 Å². The summed E-state index contributed by atoms with van der Waals surface area (Å²) in [6.45, 7) is 6.51. The molecule has 0 radical (unpaired) electrons. The van der Waals surface area contributed by atoms with Crippen LogP contribution in [0.15, 0.2) is 24.3 Å². The molecule has 0 amide bonds. The van der Waals surface area contributed by atoms with Gasteiger partial charge in [0.2, 0.25) is 0 Å². The Kier molecular flexibility index (Phi) is 3.78. The highest BCUT2D eigenvalue weighted by molar-refractivity contribution is 7.11. The SMILES string of the molecule is CC(C)(C)c1nnc(Cc2cccc(CO)c2)s1. The van der Waals surface area contributed by atoms with E-state index in [9.17, 15) is 0 Å². The molecule has 0 fully saturated rings. The summed E-state index contributed by atoms with van der Waals surface area (Å²) >= 11 is 1.66. The molecule has 1 heterocycles. The van der Waals surface area contributed by atoms with Crippen molar-refractivity contribution in [2.24, 2.45) is 0 Å². The summed E-state index contributed by atoms with van der Waals surface area (Å²) < 4.78 is 0. The van der Waals surface area contributed by atoms with Crippen LogP contribution >= 0.6 is 11.3 Å². The van der Waals surface area contributed by atoms with Crippen LogP contribution in [0.2, 0.25) is 0 Å². The summed E-state index contributed by atoms with van der Waals surface area (Å²) in [5, 5.41) is 19.7. The van der Waals surface area contributed by atoms with Crippen molar-refractivity contribution in [1.82, 2.24) is 10.2 Å². The molecule has 2 aromatic rings. The number of nitrogens with zero attached hydrogens (tertiary/aromatic N) is 2. The van der Waals surface area contributed by atoms with Crippen LogP contribution < -0.4 is 0 Å². The monoisotopic (exact) mass is 262 g/mol. The van der Waals surface area contributed by atoms with Gasteiger partial charge in [0, 0.05) is 11.8 Å². The van der Waals surface area contributed by atoms with Crippen LogP contribution in [0.25, 0.3) is 0 Å². The molecule has 2 rings (SSSR count). The lowest BCUT2D eigenvalue weighted by atomic mass is 9.98. The Morgan fingerprint density at radius 1 is 1.17 bits per heavy atom. The van der Waals surface area contributed by atoms with Gasteiger partial charge in [-0.15, -0.1) is 21.5 Å². The summed E-state index contributed by atoms with van der Waals surface area (Å²) in [5.74, 6) is 0. The number of aliphatic hydroxyl groups excluding tert-OH is 1. The number of hydrogen-bond donors (Lipinski definition) is 1. The fraction of sp³-hybridized carbons (Fsp3) is 0.429. The molecule has 1 aromatic heterocycles. The normalized spacial score (nSPS) is 11.8. The minimum absolute atomic E-state index is 0.0584. The van der Waals surface area contributed by atoms with E-state index in [0.717, 1.165) is 27.6 Å². The lowest BCUT2D eigenvalue weighted by molar-refractivity contribution is 0.281. The van der Waals surface area contributed by atoms with Crippen LogP contribution in [0.1, 0.15) is 41.9 Å². The van der Waals surface area contributed by atoms with E-state index in [-0.39, 0.29) is 12.0 Å². The standard InChI is InChI=1S/C14H18N2OS/c1-14(2,3)13-16-15-12(18-13)8-10-5-4-6-11(7-10)9-17/h4-7,17H,8-9H2,1-3H3. The van der Waals surface area contributed by atoms with Crippen LogP contribution in [0, 0.1) is 0 Å². The molecule has 3 nitrogen and oxygen atoms in total. The zero-order chi connectivity index (χ0) is 13.2. The fourth-order valence-electron chi connectivity index (χ4n) is 1.64. The highest BCUT2D eigenvalue weighted by Crippen LogP contribution is 2.26. The van der Waals surface area contributed by atoms with Gasteiger partial charge in [0.15, 0.2) is 0 Å². The number of rotatable bonds is 3. The van der Waals surface area contributed by atoms with Gasteiger partial charge in [-0.05, 0) is 11.1 Å². The molecule has 1 aromatic carbocycles. The lowest BCUT2D eigenvalue weighted by Gasteiger charge is -2.12. The zero-order valence-corrected chi connectivity index (χ0v) is 11.8. The van der Waals surface area contributed by atoms with Crippen molar-refractivity contribution in [2.75, 3.05) is 0 Å². The largest absolute Gasteiger partial charge is 0.392 e. The Balaban J connectivity index is 2.16. The van der Waals surface area contributed by atoms with Crippen molar-refractivity contribution < 1.29 is 5.11 Å². The molecule has 0 unspecified atom stereocenters. The highest BCUT2D eigenvalue weighted by Gasteiger charge is 2.19. The zero-order valence-electron chi connectivity index (χ0n) is 11.0. The molecule has 0 saturated heterocycles. The summed E-state index contributed by atoms with van der Waals surface area (Å²) in [5.41, 5.74) is 2.16. The fourth-order valence-corrected chi connectivity index (χ4v) is 2.57. The van der Waals surface area contributed by atoms with Crippen LogP contribution in [0.4, 0.5) is 0 Å². The van der Waals surface area contributed by atoms with Gasteiger partial charge in [-0.3, -0.25) is 0 Å². The van der Waals surface area contributed by atoms with E-state index >= 15 is 0 Å². The van der Waals surface area contributed by atoms with Gasteiger partial charge in [-0.25, -0.2) is 0 Å². The van der Waals surface area contributed by atoms with Gasteiger partial charge in [0.25, 0.3) is 0 Å². The van der Waals surface area contributed by atoms with E-state index in [2.05, 4.69) is 37.0 Å². The molecule has 0 bridgehead atoms. The molecule has 0 saturated carbocycles. The summed E-state index contributed by atoms with van der Waals surface area (Å²) in [6, 6.07) is 7.95. The van der Waals surface area contributed by atoms with Crippen LogP contribution in [-0.2, 0) is 18.4 Å². The first-order valence-electron chi connectivity index (χ1n) is 6.00. The molecule has 0 aliphatic rings. The second-order valence-electron chi connectivity index (χ2n) is 5.41. The Bertz CT molecular complexity index is 529. The third-order valence-corrected chi connectivity index (χ3v) is 3.99. The molecule has 4 heteroatoms. The Hall–Kier alpha value is -1.26. The van der Waals surface area contributed by atoms with Crippen molar-refractivity contribution >= 4 is 11.3 Å². The third-order valence-electron chi connectivity index (χ3n) is 2.64. The van der Waals surface area contributed by atoms with Crippen molar-refractivity contribution in [1.29, 1.82) is 0 Å². The third kappa shape index (κ3) is 3.15. The average Bonchev–Trinajstić information content (AvgIpc) is 2.77. The lowest BCUT2D eigenvalue weighted by Crippen LogP contribution is -2.10. The Labute approximate surface area is 112 Å². The molecule has 0 spiro atoms. The van der Waals surface area contributed by atoms with E-state index < -0.39 is 0 Å². The average molecular weight is 262 g/mol. The number of aliphatic hydroxyl groups is 1. The van der Waals surface area contributed by atoms with Gasteiger partial charge in [0.05, 0.1) is 6.61 Å². The van der Waals surface area contributed by atoms with Crippen molar-refractivity contribution in [3.8, 4) is 0 Å². The molecular weight excluding hydrogens is 244 g/mol. The van der Waals surface area contributed by atoms with Crippen LogP contribution in [0.3, 0.4) is 0 Å². The maximum atomic E-state index is 9.11. The first-order valence-corrected chi connectivity index (χ1v) is 6.82. The van der Waals surface area contributed by atoms with Crippen molar-refractivity contribution in [3.05, 3.63) is 45.4 Å². The predicted molar refractivity (Wildman–Crippen MR) is 73.8 cm³/mol. The highest BCUT2D eigenvalue weighted by atomic mass is 32.1. The smallest absolute Gasteiger partial charge is 0.122 e. The van der Waals surface area contributed by atoms with E-state index in [4.69, 9.17) is 5.11 Å². The quantitative estimate of drug-likeness (QED) is 0.925. The molecule has 0 aliphatic carbocycles. The number of aromatic nitrogens is 2. The second-order valence-corrected chi connectivity index (χ2v) is 6.47. The molecule has 0 atom stereocenters.